The van der Waals surface area contributed by atoms with E-state index in [1.54, 1.807) is 24.3 Å². The predicted octanol–water partition coefficient (Wildman–Crippen LogP) is 2.99. The smallest absolute Gasteiger partial charge is 0.410 e. The first kappa shape index (κ1) is 16.7. The van der Waals surface area contributed by atoms with Crippen LogP contribution in [0.5, 0.6) is 0 Å². The van der Waals surface area contributed by atoms with Gasteiger partial charge in [0.15, 0.2) is 0 Å². The van der Waals surface area contributed by atoms with E-state index in [-0.39, 0.29) is 13.2 Å². The summed E-state index contributed by atoms with van der Waals surface area (Å²) in [5, 5.41) is 0.439. The molecule has 2 aromatic carbocycles. The number of ether oxygens (including phenoxy) is 1. The molecule has 3 rings (SSSR count). The molecule has 5 nitrogen and oxygen atoms in total. The molecule has 0 radical (unpaired) electrons. The lowest BCUT2D eigenvalue weighted by Crippen LogP contribution is -2.30. The molecule has 2 aromatic rings. The van der Waals surface area contributed by atoms with E-state index >= 15 is 0 Å². The summed E-state index contributed by atoms with van der Waals surface area (Å²) in [6, 6.07) is 18.1. The van der Waals surface area contributed by atoms with Gasteiger partial charge in [-0.25, -0.2) is 4.79 Å². The van der Waals surface area contributed by atoms with Gasteiger partial charge in [-0.2, -0.15) is 0 Å². The van der Waals surface area contributed by atoms with Crippen LogP contribution < -0.4 is 5.30 Å². The number of hydrogen-bond acceptors (Lipinski definition) is 3. The van der Waals surface area contributed by atoms with Crippen molar-refractivity contribution in [2.75, 3.05) is 13.1 Å². The summed E-state index contributed by atoms with van der Waals surface area (Å²) in [6.07, 6.45) is 0.0674. The molecular formula is C18H20NO4P. The van der Waals surface area contributed by atoms with E-state index in [4.69, 9.17) is 4.74 Å². The third kappa shape index (κ3) is 3.69. The monoisotopic (exact) mass is 345 g/mol. The third-order valence-electron chi connectivity index (χ3n) is 4.25. The van der Waals surface area contributed by atoms with Crippen LogP contribution in [0.15, 0.2) is 60.7 Å². The Morgan fingerprint density at radius 3 is 2.42 bits per heavy atom. The molecule has 1 aliphatic heterocycles. The first-order chi connectivity index (χ1) is 11.6. The van der Waals surface area contributed by atoms with Crippen LogP contribution in [-0.4, -0.2) is 34.6 Å². The highest BCUT2D eigenvalue weighted by atomic mass is 31.2. The van der Waals surface area contributed by atoms with Gasteiger partial charge in [0, 0.05) is 18.4 Å². The average Bonchev–Trinajstić information content (AvgIpc) is 3.12. The average molecular weight is 345 g/mol. The normalized spacial score (nSPS) is 19.7. The standard InChI is InChI=1S/C18H20NO4P/c20-18(23-14-15-7-3-1-4-8-15)19-12-11-17(13-19)24(21,22)16-9-5-2-6-10-16/h1-10,17H,11-14H2,(H,21,22). The molecule has 2 atom stereocenters. The van der Waals surface area contributed by atoms with Crippen LogP contribution in [0.4, 0.5) is 4.79 Å². The summed E-state index contributed by atoms with van der Waals surface area (Å²) in [7, 11) is -3.50. The van der Waals surface area contributed by atoms with Gasteiger partial charge < -0.3 is 14.5 Å². The van der Waals surface area contributed by atoms with Crippen LogP contribution in [0.2, 0.25) is 0 Å². The molecule has 0 aromatic heterocycles. The fourth-order valence-electron chi connectivity index (χ4n) is 2.86. The molecule has 126 valence electrons. The fraction of sp³-hybridized carbons (Fsp3) is 0.278. The van der Waals surface area contributed by atoms with Crippen molar-refractivity contribution in [3.63, 3.8) is 0 Å². The minimum Gasteiger partial charge on any atom is -0.445 e. The molecule has 0 saturated carbocycles. The summed E-state index contributed by atoms with van der Waals surface area (Å²) in [4.78, 5) is 24.1. The highest BCUT2D eigenvalue weighted by molar-refractivity contribution is 7.66. The maximum atomic E-state index is 12.7. The number of hydrogen-bond donors (Lipinski definition) is 1. The van der Waals surface area contributed by atoms with Crippen molar-refractivity contribution >= 4 is 18.8 Å². The zero-order valence-electron chi connectivity index (χ0n) is 13.2. The third-order valence-corrected chi connectivity index (χ3v) is 6.70. The van der Waals surface area contributed by atoms with Crippen molar-refractivity contribution in [1.29, 1.82) is 0 Å². The van der Waals surface area contributed by atoms with Crippen LogP contribution in [-0.2, 0) is 15.9 Å². The molecule has 6 heteroatoms. The first-order valence-electron chi connectivity index (χ1n) is 7.91. The molecule has 0 spiro atoms. The van der Waals surface area contributed by atoms with Crippen LogP contribution in [0.1, 0.15) is 12.0 Å². The highest BCUT2D eigenvalue weighted by Gasteiger charge is 2.39. The quantitative estimate of drug-likeness (QED) is 0.865. The summed E-state index contributed by atoms with van der Waals surface area (Å²) >= 11 is 0. The number of carbonyl (C=O) groups is 1. The molecular weight excluding hydrogens is 325 g/mol. The van der Waals surface area contributed by atoms with Gasteiger partial charge in [-0.1, -0.05) is 48.5 Å². The van der Waals surface area contributed by atoms with Crippen LogP contribution in [0.25, 0.3) is 0 Å². The summed E-state index contributed by atoms with van der Waals surface area (Å²) in [6.45, 7) is 0.891. The Hall–Kier alpha value is -2.10. The zero-order valence-corrected chi connectivity index (χ0v) is 14.1. The Balaban J connectivity index is 1.59. The van der Waals surface area contributed by atoms with Gasteiger partial charge in [-0.05, 0) is 24.1 Å². The molecule has 1 saturated heterocycles. The summed E-state index contributed by atoms with van der Waals surface area (Å²) < 4.78 is 18.0. The van der Waals surface area contributed by atoms with E-state index in [2.05, 4.69) is 0 Å². The van der Waals surface area contributed by atoms with Crippen LogP contribution in [0.3, 0.4) is 0 Å². The second kappa shape index (κ2) is 7.20. The molecule has 1 N–H and O–H groups in total. The highest BCUT2D eigenvalue weighted by Crippen LogP contribution is 2.48. The van der Waals surface area contributed by atoms with Gasteiger partial charge in [0.2, 0.25) is 7.37 Å². The Morgan fingerprint density at radius 2 is 1.75 bits per heavy atom. The number of amides is 1. The van der Waals surface area contributed by atoms with Crippen molar-refractivity contribution in [3.05, 3.63) is 66.2 Å². The van der Waals surface area contributed by atoms with Gasteiger partial charge >= 0.3 is 6.09 Å². The van der Waals surface area contributed by atoms with Crippen molar-refractivity contribution < 1.29 is 19.0 Å². The van der Waals surface area contributed by atoms with Crippen molar-refractivity contribution in [3.8, 4) is 0 Å². The van der Waals surface area contributed by atoms with Crippen LogP contribution in [0, 0.1) is 0 Å². The molecule has 24 heavy (non-hydrogen) atoms. The minimum atomic E-state index is -3.50. The van der Waals surface area contributed by atoms with Gasteiger partial charge in [0.1, 0.15) is 6.61 Å². The maximum absolute atomic E-state index is 12.7. The lowest BCUT2D eigenvalue weighted by Gasteiger charge is -2.20. The second-order valence-corrected chi connectivity index (χ2v) is 8.38. The number of benzene rings is 2. The molecule has 0 aliphatic carbocycles. The fourth-order valence-corrected chi connectivity index (χ4v) is 4.76. The zero-order chi connectivity index (χ0) is 17.0. The number of rotatable bonds is 4. The number of carbonyl (C=O) groups excluding carboxylic acids is 1. The molecule has 1 aliphatic rings. The summed E-state index contributed by atoms with van der Waals surface area (Å²) in [5.41, 5.74) is 0.475. The second-order valence-electron chi connectivity index (χ2n) is 5.89. The van der Waals surface area contributed by atoms with Gasteiger partial charge in [-0.3, -0.25) is 4.57 Å². The van der Waals surface area contributed by atoms with Gasteiger partial charge in [0.25, 0.3) is 0 Å². The lowest BCUT2D eigenvalue weighted by atomic mass is 10.2. The van der Waals surface area contributed by atoms with Gasteiger partial charge in [-0.15, -0.1) is 0 Å². The van der Waals surface area contributed by atoms with E-state index in [9.17, 15) is 14.3 Å². The topological polar surface area (TPSA) is 66.8 Å². The van der Waals surface area contributed by atoms with E-state index in [1.807, 2.05) is 36.4 Å². The Bertz CT molecular complexity index is 735. The van der Waals surface area contributed by atoms with Gasteiger partial charge in [0.05, 0.1) is 5.66 Å². The predicted molar refractivity (Wildman–Crippen MR) is 92.5 cm³/mol. The number of nitrogens with zero attached hydrogens (tertiary/aromatic N) is 1. The Morgan fingerprint density at radius 1 is 1.12 bits per heavy atom. The van der Waals surface area contributed by atoms with Crippen LogP contribution >= 0.6 is 7.37 Å². The molecule has 1 heterocycles. The van der Waals surface area contributed by atoms with E-state index in [1.165, 1.54) is 4.90 Å². The van der Waals surface area contributed by atoms with E-state index < -0.39 is 19.1 Å². The largest absolute Gasteiger partial charge is 0.445 e. The molecule has 2 unspecified atom stereocenters. The van der Waals surface area contributed by atoms with E-state index in [0.29, 0.717) is 18.3 Å². The summed E-state index contributed by atoms with van der Waals surface area (Å²) in [5.74, 6) is 0. The maximum Gasteiger partial charge on any atom is 0.410 e. The van der Waals surface area contributed by atoms with E-state index in [0.717, 1.165) is 5.56 Å². The van der Waals surface area contributed by atoms with Crippen molar-refractivity contribution in [2.45, 2.75) is 18.7 Å². The first-order valence-corrected chi connectivity index (χ1v) is 9.64. The SMILES string of the molecule is O=C(OCc1ccccc1)N1CCC(P(=O)(O)c2ccccc2)C1. The minimum absolute atomic E-state index is 0.205. The Labute approximate surface area is 141 Å². The lowest BCUT2D eigenvalue weighted by molar-refractivity contribution is 0.104. The van der Waals surface area contributed by atoms with Crippen molar-refractivity contribution in [2.24, 2.45) is 0 Å². The molecule has 1 amide bonds. The molecule has 1 fully saturated rings. The molecule has 0 bridgehead atoms. The Kier molecular flexibility index (Phi) is 5.03. The van der Waals surface area contributed by atoms with Crippen molar-refractivity contribution in [1.82, 2.24) is 4.90 Å². The number of likely N-dealkylation sites (tertiary alicyclic amines) is 1.